The molecule has 0 saturated carbocycles. The fourth-order valence-corrected chi connectivity index (χ4v) is 4.57. The van der Waals surface area contributed by atoms with Crippen LogP contribution in [-0.4, -0.2) is 67.9 Å². The van der Waals surface area contributed by atoms with Crippen LogP contribution in [0, 0.1) is 6.92 Å². The Bertz CT molecular complexity index is 776. The minimum absolute atomic E-state index is 0.0131. The van der Waals surface area contributed by atoms with E-state index in [4.69, 9.17) is 0 Å². The standard InChI is InChI=1S/C17H23N3O4S/c1-13-5-7-14(8-6-13)19-11-10-18(12-16(19)21)17(22)15-4-3-9-20(15)25(2,23)24/h5-8,15H,3-4,9-12H2,1-2H3/t15-/m1/s1. The highest BCUT2D eigenvalue weighted by Gasteiger charge is 2.40. The number of amides is 2. The number of piperazine rings is 1. The molecule has 2 saturated heterocycles. The van der Waals surface area contributed by atoms with Crippen molar-refractivity contribution >= 4 is 27.5 Å². The normalized spacial score (nSPS) is 22.5. The van der Waals surface area contributed by atoms with Crippen LogP contribution in [0.1, 0.15) is 18.4 Å². The molecule has 0 radical (unpaired) electrons. The van der Waals surface area contributed by atoms with Crippen molar-refractivity contribution in [2.75, 3.05) is 37.3 Å². The van der Waals surface area contributed by atoms with E-state index in [9.17, 15) is 18.0 Å². The summed E-state index contributed by atoms with van der Waals surface area (Å²) in [5.41, 5.74) is 1.94. The van der Waals surface area contributed by atoms with Crippen molar-refractivity contribution in [2.45, 2.75) is 25.8 Å². The van der Waals surface area contributed by atoms with Gasteiger partial charge in [-0.25, -0.2) is 8.42 Å². The number of sulfonamides is 1. The van der Waals surface area contributed by atoms with Crippen molar-refractivity contribution in [3.63, 3.8) is 0 Å². The first kappa shape index (κ1) is 17.9. The highest BCUT2D eigenvalue weighted by atomic mass is 32.2. The lowest BCUT2D eigenvalue weighted by atomic mass is 10.1. The smallest absolute Gasteiger partial charge is 0.246 e. The van der Waals surface area contributed by atoms with Crippen LogP contribution in [-0.2, 0) is 19.6 Å². The summed E-state index contributed by atoms with van der Waals surface area (Å²) in [6, 6.07) is 7.01. The summed E-state index contributed by atoms with van der Waals surface area (Å²) >= 11 is 0. The lowest BCUT2D eigenvalue weighted by molar-refractivity contribution is -0.139. The topological polar surface area (TPSA) is 78.0 Å². The number of carbonyl (C=O) groups excluding carboxylic acids is 2. The monoisotopic (exact) mass is 365 g/mol. The van der Waals surface area contributed by atoms with E-state index < -0.39 is 16.1 Å². The van der Waals surface area contributed by atoms with Gasteiger partial charge in [0.05, 0.1) is 6.26 Å². The molecule has 0 spiro atoms. The number of rotatable bonds is 3. The van der Waals surface area contributed by atoms with Crippen LogP contribution in [0.15, 0.2) is 24.3 Å². The quantitative estimate of drug-likeness (QED) is 0.786. The molecule has 2 amide bonds. The molecule has 0 aromatic heterocycles. The molecule has 0 aliphatic carbocycles. The largest absolute Gasteiger partial charge is 0.330 e. The van der Waals surface area contributed by atoms with Gasteiger partial charge in [0, 0.05) is 25.3 Å². The maximum atomic E-state index is 12.7. The second-order valence-corrected chi connectivity index (χ2v) is 8.61. The first-order valence-electron chi connectivity index (χ1n) is 8.40. The van der Waals surface area contributed by atoms with Gasteiger partial charge in [0.2, 0.25) is 21.8 Å². The van der Waals surface area contributed by atoms with Crippen LogP contribution in [0.2, 0.25) is 0 Å². The molecule has 1 aromatic carbocycles. The van der Waals surface area contributed by atoms with Gasteiger partial charge in [0.1, 0.15) is 12.6 Å². The number of hydrogen-bond acceptors (Lipinski definition) is 4. The molecule has 8 heteroatoms. The lowest BCUT2D eigenvalue weighted by Gasteiger charge is -2.36. The van der Waals surface area contributed by atoms with Crippen LogP contribution in [0.25, 0.3) is 0 Å². The summed E-state index contributed by atoms with van der Waals surface area (Å²) in [4.78, 5) is 28.4. The Morgan fingerprint density at radius 3 is 2.40 bits per heavy atom. The Morgan fingerprint density at radius 2 is 1.80 bits per heavy atom. The molecule has 2 aliphatic rings. The zero-order chi connectivity index (χ0) is 18.2. The van der Waals surface area contributed by atoms with Crippen LogP contribution in [0.4, 0.5) is 5.69 Å². The van der Waals surface area contributed by atoms with E-state index in [1.165, 1.54) is 9.21 Å². The van der Waals surface area contributed by atoms with Gasteiger partial charge in [0.25, 0.3) is 0 Å². The van der Waals surface area contributed by atoms with E-state index in [1.54, 1.807) is 4.90 Å². The Morgan fingerprint density at radius 1 is 1.12 bits per heavy atom. The van der Waals surface area contributed by atoms with Crippen molar-refractivity contribution in [3.8, 4) is 0 Å². The number of nitrogens with zero attached hydrogens (tertiary/aromatic N) is 3. The molecular weight excluding hydrogens is 342 g/mol. The fraction of sp³-hybridized carbons (Fsp3) is 0.529. The van der Waals surface area contributed by atoms with Crippen LogP contribution < -0.4 is 4.90 Å². The van der Waals surface area contributed by atoms with Gasteiger partial charge in [0.15, 0.2) is 0 Å². The zero-order valence-electron chi connectivity index (χ0n) is 14.5. The van der Waals surface area contributed by atoms with Crippen molar-refractivity contribution in [3.05, 3.63) is 29.8 Å². The molecule has 136 valence electrons. The molecule has 2 heterocycles. The minimum Gasteiger partial charge on any atom is -0.330 e. The Hall–Kier alpha value is -1.93. The maximum Gasteiger partial charge on any atom is 0.246 e. The fourth-order valence-electron chi connectivity index (χ4n) is 3.45. The Kier molecular flexibility index (Phi) is 4.83. The van der Waals surface area contributed by atoms with E-state index in [-0.39, 0.29) is 18.4 Å². The van der Waals surface area contributed by atoms with Gasteiger partial charge < -0.3 is 9.80 Å². The van der Waals surface area contributed by atoms with Crippen LogP contribution >= 0.6 is 0 Å². The van der Waals surface area contributed by atoms with E-state index in [0.717, 1.165) is 17.5 Å². The summed E-state index contributed by atoms with van der Waals surface area (Å²) in [5, 5.41) is 0. The van der Waals surface area contributed by atoms with E-state index in [2.05, 4.69) is 0 Å². The van der Waals surface area contributed by atoms with Crippen molar-refractivity contribution < 1.29 is 18.0 Å². The summed E-state index contributed by atoms with van der Waals surface area (Å²) < 4.78 is 24.9. The van der Waals surface area contributed by atoms with Gasteiger partial charge in [-0.3, -0.25) is 9.59 Å². The first-order valence-corrected chi connectivity index (χ1v) is 10.2. The molecule has 1 aromatic rings. The Labute approximate surface area is 148 Å². The summed E-state index contributed by atoms with van der Waals surface area (Å²) in [7, 11) is -3.42. The molecule has 25 heavy (non-hydrogen) atoms. The highest BCUT2D eigenvalue weighted by molar-refractivity contribution is 7.88. The number of aryl methyl sites for hydroxylation is 1. The predicted molar refractivity (Wildman–Crippen MR) is 94.7 cm³/mol. The number of hydrogen-bond donors (Lipinski definition) is 0. The predicted octanol–water partition coefficient (Wildman–Crippen LogP) is 0.594. The molecule has 2 fully saturated rings. The molecular formula is C17H23N3O4S. The summed E-state index contributed by atoms with van der Waals surface area (Å²) in [6.07, 6.45) is 2.30. The van der Waals surface area contributed by atoms with Crippen LogP contribution in [0.3, 0.4) is 0 Å². The average molecular weight is 365 g/mol. The van der Waals surface area contributed by atoms with E-state index >= 15 is 0 Å². The zero-order valence-corrected chi connectivity index (χ0v) is 15.3. The average Bonchev–Trinajstić information content (AvgIpc) is 3.05. The third-order valence-electron chi connectivity index (χ3n) is 4.79. The molecule has 7 nitrogen and oxygen atoms in total. The summed E-state index contributed by atoms with van der Waals surface area (Å²) in [6.45, 7) is 3.16. The SMILES string of the molecule is Cc1ccc(N2CCN(C(=O)[C@H]3CCCN3S(C)(=O)=O)CC2=O)cc1. The van der Waals surface area contributed by atoms with Crippen molar-refractivity contribution in [2.24, 2.45) is 0 Å². The van der Waals surface area contributed by atoms with Crippen LogP contribution in [0.5, 0.6) is 0 Å². The molecule has 0 unspecified atom stereocenters. The lowest BCUT2D eigenvalue weighted by Crippen LogP contribution is -2.56. The van der Waals surface area contributed by atoms with Gasteiger partial charge in [-0.15, -0.1) is 0 Å². The highest BCUT2D eigenvalue weighted by Crippen LogP contribution is 2.24. The molecule has 1 atom stereocenters. The van der Waals surface area contributed by atoms with Crippen molar-refractivity contribution in [1.82, 2.24) is 9.21 Å². The number of carbonyl (C=O) groups is 2. The molecule has 3 rings (SSSR count). The molecule has 2 aliphatic heterocycles. The molecule has 0 N–H and O–H groups in total. The van der Waals surface area contributed by atoms with Gasteiger partial charge in [-0.1, -0.05) is 17.7 Å². The maximum absolute atomic E-state index is 12.7. The second-order valence-electron chi connectivity index (χ2n) is 6.67. The number of anilines is 1. The number of benzene rings is 1. The van der Waals surface area contributed by atoms with Gasteiger partial charge >= 0.3 is 0 Å². The van der Waals surface area contributed by atoms with Gasteiger partial charge in [-0.05, 0) is 31.9 Å². The Balaban J connectivity index is 1.69. The molecule has 0 bridgehead atoms. The minimum atomic E-state index is -3.42. The van der Waals surface area contributed by atoms with E-state index in [1.807, 2.05) is 31.2 Å². The van der Waals surface area contributed by atoms with Crippen molar-refractivity contribution in [1.29, 1.82) is 0 Å². The summed E-state index contributed by atoms with van der Waals surface area (Å²) in [5.74, 6) is -0.410. The second kappa shape index (κ2) is 6.76. The van der Waals surface area contributed by atoms with Gasteiger partial charge in [-0.2, -0.15) is 4.31 Å². The van der Waals surface area contributed by atoms with E-state index in [0.29, 0.717) is 32.5 Å². The third kappa shape index (κ3) is 3.69. The first-order chi connectivity index (χ1) is 11.8. The third-order valence-corrected chi connectivity index (χ3v) is 6.08.